The number of aromatic nitrogens is 2. The van der Waals surface area contributed by atoms with Crippen molar-refractivity contribution in [2.24, 2.45) is 0 Å². The van der Waals surface area contributed by atoms with Crippen molar-refractivity contribution < 1.29 is 9.18 Å². The summed E-state index contributed by atoms with van der Waals surface area (Å²) in [5.74, 6) is -0.172. The highest BCUT2D eigenvalue weighted by Crippen LogP contribution is 2.21. The lowest BCUT2D eigenvalue weighted by Crippen LogP contribution is -2.13. The minimum Gasteiger partial charge on any atom is -0.305 e. The van der Waals surface area contributed by atoms with Gasteiger partial charge >= 0.3 is 0 Å². The van der Waals surface area contributed by atoms with Crippen LogP contribution in [-0.4, -0.2) is 15.7 Å². The number of aryl methyl sites for hydroxylation is 1. The Labute approximate surface area is 178 Å². The van der Waals surface area contributed by atoms with Crippen LogP contribution in [0.1, 0.15) is 21.6 Å². The van der Waals surface area contributed by atoms with Crippen molar-refractivity contribution in [1.82, 2.24) is 9.78 Å². The van der Waals surface area contributed by atoms with Crippen molar-refractivity contribution in [3.05, 3.63) is 107 Å². The third kappa shape index (κ3) is 4.42. The second-order valence-electron chi connectivity index (χ2n) is 6.96. The number of nitrogens with zero attached hydrogens (tertiary/aromatic N) is 2. The molecule has 0 radical (unpaired) electrons. The highest BCUT2D eigenvalue weighted by molar-refractivity contribution is 6.31. The molecule has 0 saturated carbocycles. The van der Waals surface area contributed by atoms with E-state index in [0.717, 1.165) is 22.4 Å². The molecule has 4 aromatic rings. The van der Waals surface area contributed by atoms with Gasteiger partial charge in [0.15, 0.2) is 5.82 Å². The van der Waals surface area contributed by atoms with E-state index in [1.54, 1.807) is 28.9 Å². The molecule has 1 heterocycles. The number of carbonyl (C=O) groups excluding carboxylic acids is 1. The number of rotatable bonds is 5. The van der Waals surface area contributed by atoms with Crippen LogP contribution in [0.3, 0.4) is 0 Å². The van der Waals surface area contributed by atoms with Gasteiger partial charge < -0.3 is 5.32 Å². The Morgan fingerprint density at radius 2 is 1.70 bits per heavy atom. The number of benzene rings is 3. The van der Waals surface area contributed by atoms with Crippen molar-refractivity contribution >= 4 is 23.3 Å². The summed E-state index contributed by atoms with van der Waals surface area (Å²) in [7, 11) is 0. The molecule has 4 nitrogen and oxygen atoms in total. The molecule has 150 valence electrons. The first-order valence-corrected chi connectivity index (χ1v) is 9.82. The predicted molar refractivity (Wildman–Crippen MR) is 117 cm³/mol. The highest BCUT2D eigenvalue weighted by atomic mass is 35.5. The third-order valence-corrected chi connectivity index (χ3v) is 5.16. The SMILES string of the molecule is Cc1cc(NC(=O)c2ccc(-c3ccccc3)cc2)nn1Cc1ccc(F)cc1Cl. The summed E-state index contributed by atoms with van der Waals surface area (Å²) in [4.78, 5) is 12.6. The Balaban J connectivity index is 1.47. The second kappa shape index (κ2) is 8.51. The van der Waals surface area contributed by atoms with Crippen LogP contribution in [0, 0.1) is 12.7 Å². The van der Waals surface area contributed by atoms with Gasteiger partial charge in [0, 0.05) is 22.3 Å². The van der Waals surface area contributed by atoms with Gasteiger partial charge in [0.2, 0.25) is 0 Å². The van der Waals surface area contributed by atoms with Gasteiger partial charge in [-0.05, 0) is 47.9 Å². The summed E-state index contributed by atoms with van der Waals surface area (Å²) in [6.07, 6.45) is 0. The molecule has 4 rings (SSSR count). The maximum absolute atomic E-state index is 13.2. The average molecular weight is 420 g/mol. The molecule has 30 heavy (non-hydrogen) atoms. The molecule has 0 bridgehead atoms. The second-order valence-corrected chi connectivity index (χ2v) is 7.37. The molecule has 3 aromatic carbocycles. The minimum atomic E-state index is -0.382. The van der Waals surface area contributed by atoms with Gasteiger partial charge in [-0.1, -0.05) is 60.1 Å². The first-order valence-electron chi connectivity index (χ1n) is 9.45. The van der Waals surface area contributed by atoms with Gasteiger partial charge in [-0.25, -0.2) is 4.39 Å². The van der Waals surface area contributed by atoms with Gasteiger partial charge in [0.25, 0.3) is 5.91 Å². The molecule has 0 fully saturated rings. The summed E-state index contributed by atoms with van der Waals surface area (Å²) < 4.78 is 15.0. The molecule has 0 atom stereocenters. The number of carbonyl (C=O) groups is 1. The highest BCUT2D eigenvalue weighted by Gasteiger charge is 2.12. The van der Waals surface area contributed by atoms with E-state index in [0.29, 0.717) is 22.9 Å². The van der Waals surface area contributed by atoms with Gasteiger partial charge in [-0.2, -0.15) is 5.10 Å². The van der Waals surface area contributed by atoms with E-state index < -0.39 is 0 Å². The van der Waals surface area contributed by atoms with Crippen LogP contribution >= 0.6 is 11.6 Å². The molecule has 0 unspecified atom stereocenters. The summed E-state index contributed by atoms with van der Waals surface area (Å²) in [6.45, 7) is 2.27. The fourth-order valence-corrected chi connectivity index (χ4v) is 3.40. The number of nitrogens with one attached hydrogen (secondary N) is 1. The normalized spacial score (nSPS) is 10.8. The van der Waals surface area contributed by atoms with Crippen molar-refractivity contribution in [2.75, 3.05) is 5.32 Å². The van der Waals surface area contributed by atoms with Crippen LogP contribution in [0.2, 0.25) is 5.02 Å². The van der Waals surface area contributed by atoms with E-state index in [9.17, 15) is 9.18 Å². The van der Waals surface area contributed by atoms with E-state index in [-0.39, 0.29) is 11.7 Å². The van der Waals surface area contributed by atoms with E-state index in [1.807, 2.05) is 49.4 Å². The van der Waals surface area contributed by atoms with Crippen molar-refractivity contribution in [3.8, 4) is 11.1 Å². The molecular weight excluding hydrogens is 401 g/mol. The average Bonchev–Trinajstić information content (AvgIpc) is 3.09. The van der Waals surface area contributed by atoms with Crippen molar-refractivity contribution in [2.45, 2.75) is 13.5 Å². The largest absolute Gasteiger partial charge is 0.305 e. The zero-order valence-electron chi connectivity index (χ0n) is 16.3. The minimum absolute atomic E-state index is 0.237. The number of halogens is 2. The number of anilines is 1. The zero-order valence-corrected chi connectivity index (χ0v) is 17.0. The molecule has 1 aromatic heterocycles. The quantitative estimate of drug-likeness (QED) is 0.434. The van der Waals surface area contributed by atoms with E-state index in [4.69, 9.17) is 11.6 Å². The first kappa shape index (κ1) is 19.9. The van der Waals surface area contributed by atoms with Crippen LogP contribution in [0.5, 0.6) is 0 Å². The van der Waals surface area contributed by atoms with Crippen LogP contribution in [-0.2, 0) is 6.54 Å². The number of amides is 1. The summed E-state index contributed by atoms with van der Waals surface area (Å²) in [6, 6.07) is 23.5. The smallest absolute Gasteiger partial charge is 0.256 e. The molecule has 1 amide bonds. The molecule has 0 spiro atoms. The fourth-order valence-electron chi connectivity index (χ4n) is 3.18. The molecule has 0 aliphatic rings. The first-order chi connectivity index (χ1) is 14.5. The Bertz CT molecular complexity index is 1190. The van der Waals surface area contributed by atoms with E-state index in [2.05, 4.69) is 10.4 Å². The molecule has 0 aliphatic carbocycles. The van der Waals surface area contributed by atoms with Gasteiger partial charge in [-0.15, -0.1) is 0 Å². The van der Waals surface area contributed by atoms with Gasteiger partial charge in [0.05, 0.1) is 6.54 Å². The monoisotopic (exact) mass is 419 g/mol. The number of hydrogen-bond donors (Lipinski definition) is 1. The third-order valence-electron chi connectivity index (χ3n) is 4.81. The Hall–Kier alpha value is -3.44. The summed E-state index contributed by atoms with van der Waals surface area (Å²) in [5.41, 5.74) is 4.29. The fraction of sp³-hybridized carbons (Fsp3) is 0.0833. The zero-order chi connectivity index (χ0) is 21.1. The van der Waals surface area contributed by atoms with E-state index in [1.165, 1.54) is 12.1 Å². The lowest BCUT2D eigenvalue weighted by Gasteiger charge is -2.07. The Kier molecular flexibility index (Phi) is 5.63. The van der Waals surface area contributed by atoms with Gasteiger partial charge in [0.1, 0.15) is 5.82 Å². The Morgan fingerprint density at radius 1 is 1.00 bits per heavy atom. The van der Waals surface area contributed by atoms with E-state index >= 15 is 0 Å². The van der Waals surface area contributed by atoms with Crippen molar-refractivity contribution in [1.29, 1.82) is 0 Å². The molecule has 1 N–H and O–H groups in total. The maximum atomic E-state index is 13.2. The number of hydrogen-bond acceptors (Lipinski definition) is 2. The maximum Gasteiger partial charge on any atom is 0.256 e. The van der Waals surface area contributed by atoms with Crippen LogP contribution < -0.4 is 5.32 Å². The van der Waals surface area contributed by atoms with Gasteiger partial charge in [-0.3, -0.25) is 9.48 Å². The predicted octanol–water partition coefficient (Wildman–Crippen LogP) is 5.95. The molecule has 0 saturated heterocycles. The molecular formula is C24H19ClFN3O. The standard InChI is InChI=1S/C24H19ClFN3O/c1-16-13-23(28-29(16)15-20-11-12-21(26)14-22(20)25)27-24(30)19-9-7-18(8-10-19)17-5-3-2-4-6-17/h2-14H,15H2,1H3,(H,27,28,30). The van der Waals surface area contributed by atoms with Crippen molar-refractivity contribution in [3.63, 3.8) is 0 Å². The topological polar surface area (TPSA) is 46.9 Å². The van der Waals surface area contributed by atoms with Crippen LogP contribution in [0.15, 0.2) is 78.9 Å². The summed E-state index contributed by atoms with van der Waals surface area (Å²) >= 11 is 6.11. The Morgan fingerprint density at radius 3 is 2.40 bits per heavy atom. The van der Waals surface area contributed by atoms with Crippen LogP contribution in [0.4, 0.5) is 10.2 Å². The lowest BCUT2D eigenvalue weighted by molar-refractivity contribution is 0.102. The summed E-state index contributed by atoms with van der Waals surface area (Å²) in [5, 5.41) is 7.60. The molecule has 6 heteroatoms. The lowest BCUT2D eigenvalue weighted by atomic mass is 10.0. The molecule has 0 aliphatic heterocycles. The van der Waals surface area contributed by atoms with Crippen LogP contribution in [0.25, 0.3) is 11.1 Å².